The number of nitrogens with one attached hydrogen (secondary N) is 1. The summed E-state index contributed by atoms with van der Waals surface area (Å²) < 4.78 is 7.50. The molecule has 0 saturated heterocycles. The minimum Gasteiger partial charge on any atom is -0.378 e. The fourth-order valence-corrected chi connectivity index (χ4v) is 3.49. The van der Waals surface area contributed by atoms with E-state index in [2.05, 4.69) is 5.32 Å². The second-order valence-electron chi connectivity index (χ2n) is 3.32. The van der Waals surface area contributed by atoms with Crippen LogP contribution in [0, 0.1) is 0 Å². The molecule has 0 saturated carbocycles. The highest BCUT2D eigenvalue weighted by Crippen LogP contribution is 2.29. The fourth-order valence-electron chi connectivity index (χ4n) is 1.36. The van der Waals surface area contributed by atoms with Gasteiger partial charge in [-0.15, -0.1) is 34.3 Å². The molecular weight excluding hydrogens is 278 g/mol. The normalized spacial score (nSPS) is 10.9. The van der Waals surface area contributed by atoms with Crippen LogP contribution in [0.5, 0.6) is 0 Å². The molecule has 2 aromatic rings. The molecule has 0 aromatic carbocycles. The fraction of sp³-hybridized carbons (Fsp3) is 0.364. The van der Waals surface area contributed by atoms with Crippen LogP contribution in [0.2, 0.25) is 0 Å². The Kier molecular flexibility index (Phi) is 4.79. The highest BCUT2D eigenvalue weighted by atomic mass is 35.5. The van der Waals surface area contributed by atoms with Gasteiger partial charge >= 0.3 is 0 Å². The van der Waals surface area contributed by atoms with Crippen molar-refractivity contribution in [1.82, 2.24) is 5.32 Å². The largest absolute Gasteiger partial charge is 0.378 e. The van der Waals surface area contributed by atoms with Crippen LogP contribution in [0.25, 0.3) is 9.40 Å². The molecule has 0 aliphatic carbocycles. The maximum absolute atomic E-state index is 11.8. The van der Waals surface area contributed by atoms with E-state index in [-0.39, 0.29) is 5.91 Å². The van der Waals surface area contributed by atoms with Crippen LogP contribution in [0.4, 0.5) is 0 Å². The molecule has 17 heavy (non-hydrogen) atoms. The molecule has 0 fully saturated rings. The Labute approximate surface area is 112 Å². The predicted molar refractivity (Wildman–Crippen MR) is 73.6 cm³/mol. The smallest absolute Gasteiger partial charge is 0.261 e. The lowest BCUT2D eigenvalue weighted by Crippen LogP contribution is -2.26. The van der Waals surface area contributed by atoms with Crippen LogP contribution in [-0.4, -0.2) is 31.5 Å². The molecule has 92 valence electrons. The summed E-state index contributed by atoms with van der Waals surface area (Å²) in [5.41, 5.74) is 0. The molecule has 0 aliphatic heterocycles. The zero-order chi connectivity index (χ0) is 12.1. The van der Waals surface area contributed by atoms with Gasteiger partial charge in [0.25, 0.3) is 5.91 Å². The zero-order valence-electron chi connectivity index (χ0n) is 9.07. The topological polar surface area (TPSA) is 38.3 Å². The number of halogens is 1. The van der Waals surface area contributed by atoms with Gasteiger partial charge in [-0.25, -0.2) is 0 Å². The Morgan fingerprint density at radius 1 is 1.41 bits per heavy atom. The highest BCUT2D eigenvalue weighted by molar-refractivity contribution is 7.27. The third-order valence-corrected chi connectivity index (χ3v) is 4.36. The van der Waals surface area contributed by atoms with Crippen molar-refractivity contribution in [2.75, 3.05) is 25.6 Å². The number of hydrogen-bond donors (Lipinski definition) is 1. The summed E-state index contributed by atoms with van der Waals surface area (Å²) in [4.78, 5) is 12.5. The standard InChI is InChI=1S/C11H12ClNO2S2/c12-2-4-15-5-3-13-11(14)10-7-9-8(17-10)1-6-16-9/h1,6-7H,2-5H2,(H,13,14). The molecule has 3 nitrogen and oxygen atoms in total. The summed E-state index contributed by atoms with van der Waals surface area (Å²) in [7, 11) is 0. The third kappa shape index (κ3) is 3.42. The predicted octanol–water partition coefficient (Wildman–Crippen LogP) is 2.95. The number of rotatable bonds is 6. The highest BCUT2D eigenvalue weighted by Gasteiger charge is 2.09. The molecule has 2 rings (SSSR count). The van der Waals surface area contributed by atoms with Crippen LogP contribution in [0.15, 0.2) is 17.5 Å². The minimum absolute atomic E-state index is 0.0344. The van der Waals surface area contributed by atoms with Crippen molar-refractivity contribution in [3.05, 3.63) is 22.4 Å². The van der Waals surface area contributed by atoms with E-state index in [0.29, 0.717) is 25.6 Å². The molecule has 0 bridgehead atoms. The van der Waals surface area contributed by atoms with E-state index in [4.69, 9.17) is 16.3 Å². The van der Waals surface area contributed by atoms with Gasteiger partial charge in [-0.3, -0.25) is 4.79 Å². The first-order valence-electron chi connectivity index (χ1n) is 5.20. The van der Waals surface area contributed by atoms with Crippen molar-refractivity contribution in [3.63, 3.8) is 0 Å². The van der Waals surface area contributed by atoms with E-state index >= 15 is 0 Å². The summed E-state index contributed by atoms with van der Waals surface area (Å²) in [6, 6.07) is 3.96. The maximum Gasteiger partial charge on any atom is 0.261 e. The first-order valence-corrected chi connectivity index (χ1v) is 7.43. The van der Waals surface area contributed by atoms with Gasteiger partial charge in [-0.1, -0.05) is 0 Å². The van der Waals surface area contributed by atoms with Gasteiger partial charge < -0.3 is 10.1 Å². The summed E-state index contributed by atoms with van der Waals surface area (Å²) in [6.07, 6.45) is 0. The van der Waals surface area contributed by atoms with E-state index in [9.17, 15) is 4.79 Å². The van der Waals surface area contributed by atoms with E-state index in [1.54, 1.807) is 11.3 Å². The van der Waals surface area contributed by atoms with Gasteiger partial charge in [0.15, 0.2) is 0 Å². The first kappa shape index (κ1) is 12.8. The number of fused-ring (bicyclic) bond motifs is 1. The lowest BCUT2D eigenvalue weighted by atomic mass is 10.4. The van der Waals surface area contributed by atoms with Crippen LogP contribution >= 0.6 is 34.3 Å². The summed E-state index contributed by atoms with van der Waals surface area (Å²) in [5.74, 6) is 0.447. The van der Waals surface area contributed by atoms with Crippen molar-refractivity contribution < 1.29 is 9.53 Å². The molecular formula is C11H12ClNO2S2. The molecule has 0 spiro atoms. The van der Waals surface area contributed by atoms with Crippen LogP contribution in [0.3, 0.4) is 0 Å². The minimum atomic E-state index is -0.0344. The molecule has 0 radical (unpaired) electrons. The average molecular weight is 290 g/mol. The quantitative estimate of drug-likeness (QED) is 0.656. The lowest BCUT2D eigenvalue weighted by Gasteiger charge is -2.03. The number of ether oxygens (including phenoxy) is 1. The number of alkyl halides is 1. The van der Waals surface area contributed by atoms with Crippen LogP contribution in [0.1, 0.15) is 9.67 Å². The average Bonchev–Trinajstić information content (AvgIpc) is 2.88. The SMILES string of the molecule is O=C(NCCOCCCl)c1cc2sccc2s1. The Morgan fingerprint density at radius 3 is 3.06 bits per heavy atom. The monoisotopic (exact) mass is 289 g/mol. The van der Waals surface area contributed by atoms with Crippen molar-refractivity contribution >= 4 is 49.6 Å². The molecule has 0 unspecified atom stereocenters. The number of carbonyl (C=O) groups excluding carboxylic acids is 1. The van der Waals surface area contributed by atoms with Gasteiger partial charge in [-0.05, 0) is 17.5 Å². The number of thiophene rings is 2. The zero-order valence-corrected chi connectivity index (χ0v) is 11.5. The number of amides is 1. The number of carbonyl (C=O) groups is 1. The van der Waals surface area contributed by atoms with E-state index in [1.807, 2.05) is 17.5 Å². The lowest BCUT2D eigenvalue weighted by molar-refractivity contribution is 0.0927. The van der Waals surface area contributed by atoms with Crippen molar-refractivity contribution in [2.45, 2.75) is 0 Å². The van der Waals surface area contributed by atoms with E-state index < -0.39 is 0 Å². The van der Waals surface area contributed by atoms with E-state index in [1.165, 1.54) is 20.7 Å². The molecule has 1 N–H and O–H groups in total. The van der Waals surface area contributed by atoms with Crippen molar-refractivity contribution in [2.24, 2.45) is 0 Å². The van der Waals surface area contributed by atoms with Crippen molar-refractivity contribution in [3.8, 4) is 0 Å². The molecule has 1 amide bonds. The van der Waals surface area contributed by atoms with Gasteiger partial charge in [0.2, 0.25) is 0 Å². The first-order chi connectivity index (χ1) is 8.31. The van der Waals surface area contributed by atoms with Gasteiger partial charge in [-0.2, -0.15) is 0 Å². The van der Waals surface area contributed by atoms with E-state index in [0.717, 1.165) is 4.88 Å². The summed E-state index contributed by atoms with van der Waals surface area (Å²) in [5, 5.41) is 4.85. The Hall–Kier alpha value is -0.620. The maximum atomic E-state index is 11.8. The molecule has 2 aromatic heterocycles. The Bertz CT molecular complexity index is 466. The molecule has 0 atom stereocenters. The second kappa shape index (κ2) is 6.35. The number of hydrogen-bond acceptors (Lipinski definition) is 4. The Morgan fingerprint density at radius 2 is 2.29 bits per heavy atom. The van der Waals surface area contributed by atoms with Crippen LogP contribution in [-0.2, 0) is 4.74 Å². The summed E-state index contributed by atoms with van der Waals surface area (Å²) in [6.45, 7) is 1.53. The second-order valence-corrected chi connectivity index (χ2v) is 5.73. The summed E-state index contributed by atoms with van der Waals surface area (Å²) >= 11 is 8.63. The van der Waals surface area contributed by atoms with Gasteiger partial charge in [0, 0.05) is 21.8 Å². The Balaban J connectivity index is 1.81. The van der Waals surface area contributed by atoms with Gasteiger partial charge in [0.05, 0.1) is 18.1 Å². The third-order valence-electron chi connectivity index (χ3n) is 2.12. The molecule has 0 aliphatic rings. The van der Waals surface area contributed by atoms with Gasteiger partial charge in [0.1, 0.15) is 0 Å². The molecule has 2 heterocycles. The van der Waals surface area contributed by atoms with Crippen molar-refractivity contribution in [1.29, 1.82) is 0 Å². The van der Waals surface area contributed by atoms with Crippen LogP contribution < -0.4 is 5.32 Å². The molecule has 6 heteroatoms.